The van der Waals surface area contributed by atoms with Crippen molar-refractivity contribution in [2.45, 2.75) is 81.0 Å². The minimum Gasteiger partial charge on any atom is -0.436 e. The fraction of sp³-hybridized carbons (Fsp3) is 0.700. The van der Waals surface area contributed by atoms with Crippen molar-refractivity contribution < 1.29 is 71.4 Å². The van der Waals surface area contributed by atoms with E-state index in [9.17, 15) is 62.9 Å². The highest BCUT2D eigenvalue weighted by Crippen LogP contribution is 2.54. The van der Waals surface area contributed by atoms with E-state index in [1.54, 1.807) is 26.2 Å². The lowest BCUT2D eigenvalue weighted by Gasteiger charge is -2.36. The van der Waals surface area contributed by atoms with E-state index in [0.717, 1.165) is 0 Å². The van der Waals surface area contributed by atoms with Crippen molar-refractivity contribution in [3.8, 4) is 0 Å². The number of benzene rings is 1. The molecule has 0 aromatic heterocycles. The molecule has 2 N–H and O–H groups in total. The Balaban J connectivity index is 3.77. The highest BCUT2D eigenvalue weighted by molar-refractivity contribution is 6.82. The SMILES string of the molecule is CO[Si](C)(C)O[Si](C)(C)CCCc1cc(C(O)(C(F)(F)F)C(F)(F)F)cc(C(O)(C(F)(F)F)C(F)(F)F)c1. The lowest BCUT2D eigenvalue weighted by Crippen LogP contribution is -2.55. The third-order valence-corrected chi connectivity index (χ3v) is 12.4. The minimum absolute atomic E-state index is 0.0148. The molecule has 0 heterocycles. The van der Waals surface area contributed by atoms with E-state index in [4.69, 9.17) is 8.54 Å². The van der Waals surface area contributed by atoms with Gasteiger partial charge >= 0.3 is 33.3 Å². The molecule has 4 nitrogen and oxygen atoms in total. The van der Waals surface area contributed by atoms with E-state index >= 15 is 0 Å². The molecule has 18 heteroatoms. The second-order valence-corrected chi connectivity index (χ2v) is 17.7. The number of hydrogen-bond donors (Lipinski definition) is 2. The minimum atomic E-state index is -6.60. The van der Waals surface area contributed by atoms with Gasteiger partial charge in [0.1, 0.15) is 0 Å². The van der Waals surface area contributed by atoms with Gasteiger partial charge in [-0.2, -0.15) is 52.7 Å². The van der Waals surface area contributed by atoms with Gasteiger partial charge in [-0.3, -0.25) is 0 Å². The molecule has 0 saturated carbocycles. The number of alkyl halides is 12. The summed E-state index contributed by atoms with van der Waals surface area (Å²) in [5.74, 6) is 0. The number of aryl methyl sites for hydroxylation is 1. The third-order valence-electron chi connectivity index (χ3n) is 5.73. The first-order chi connectivity index (χ1) is 16.6. The molecule has 0 fully saturated rings. The molecule has 0 radical (unpaired) electrons. The average Bonchev–Trinajstić information content (AvgIpc) is 2.67. The highest BCUT2D eigenvalue weighted by Gasteiger charge is 2.74. The summed E-state index contributed by atoms with van der Waals surface area (Å²) in [6, 6.07) is -0.625. The Morgan fingerprint density at radius 1 is 0.658 bits per heavy atom. The van der Waals surface area contributed by atoms with E-state index in [0.29, 0.717) is 0 Å². The first-order valence-corrected chi connectivity index (χ1v) is 16.6. The first kappa shape index (κ1) is 34.7. The number of aliphatic hydroxyl groups is 2. The van der Waals surface area contributed by atoms with Crippen LogP contribution in [-0.2, 0) is 26.2 Å². The maximum Gasteiger partial charge on any atom is 0.430 e. The molecule has 1 aromatic carbocycles. The second kappa shape index (κ2) is 10.6. The summed E-state index contributed by atoms with van der Waals surface area (Å²) in [5.41, 5.74) is -17.2. The van der Waals surface area contributed by atoms with Crippen LogP contribution in [0.5, 0.6) is 0 Å². The van der Waals surface area contributed by atoms with Gasteiger partial charge in [-0.1, -0.05) is 12.1 Å². The molecule has 222 valence electrons. The van der Waals surface area contributed by atoms with Crippen LogP contribution < -0.4 is 0 Å². The van der Waals surface area contributed by atoms with Gasteiger partial charge in [0.15, 0.2) is 8.32 Å². The van der Waals surface area contributed by atoms with Crippen molar-refractivity contribution in [1.82, 2.24) is 0 Å². The van der Waals surface area contributed by atoms with E-state index in [-0.39, 0.29) is 24.6 Å². The number of halogens is 12. The van der Waals surface area contributed by atoms with Crippen molar-refractivity contribution in [2.75, 3.05) is 7.11 Å². The Labute approximate surface area is 211 Å². The molecule has 0 aliphatic carbocycles. The van der Waals surface area contributed by atoms with Crippen molar-refractivity contribution in [3.05, 3.63) is 34.9 Å². The molecule has 0 spiro atoms. The van der Waals surface area contributed by atoms with Gasteiger partial charge in [0.25, 0.3) is 11.2 Å². The van der Waals surface area contributed by atoms with Crippen LogP contribution >= 0.6 is 0 Å². The van der Waals surface area contributed by atoms with Gasteiger partial charge < -0.3 is 18.8 Å². The van der Waals surface area contributed by atoms with Gasteiger partial charge in [0, 0.05) is 18.2 Å². The summed E-state index contributed by atoms with van der Waals surface area (Å²) in [7, 11) is -3.83. The van der Waals surface area contributed by atoms with Crippen molar-refractivity contribution in [2.24, 2.45) is 0 Å². The van der Waals surface area contributed by atoms with Gasteiger partial charge in [-0.25, -0.2) is 0 Å². The Morgan fingerprint density at radius 2 is 1.00 bits per heavy atom. The third kappa shape index (κ3) is 7.04. The Kier molecular flexibility index (Phi) is 9.64. The fourth-order valence-electron chi connectivity index (χ4n) is 3.71. The lowest BCUT2D eigenvalue weighted by molar-refractivity contribution is -0.378. The summed E-state index contributed by atoms with van der Waals surface area (Å²) in [5, 5.41) is 19.3. The predicted octanol–water partition coefficient (Wildman–Crippen LogP) is 6.81. The zero-order valence-corrected chi connectivity index (χ0v) is 22.6. The zero-order chi connectivity index (χ0) is 30.4. The normalized spacial score (nSPS) is 15.2. The first-order valence-electron chi connectivity index (χ1n) is 10.7. The van der Waals surface area contributed by atoms with Crippen LogP contribution in [0.25, 0.3) is 0 Å². The summed E-state index contributed by atoms with van der Waals surface area (Å²) in [6.45, 7) is 6.73. The van der Waals surface area contributed by atoms with Crippen molar-refractivity contribution in [3.63, 3.8) is 0 Å². The molecular formula is C20H26F12O4Si2. The number of hydrogen-bond acceptors (Lipinski definition) is 4. The standard InChI is InChI=1S/C20H26F12O4Si2/c1-35-38(4,5)36-37(2,3)8-6-7-12-9-13(15(33,17(21,22)23)18(24,25)26)11-14(10-12)16(34,19(27,28)29)20(30,31)32/h9-11,33-34H,6-8H2,1-5H3. The molecule has 38 heavy (non-hydrogen) atoms. The van der Waals surface area contributed by atoms with Crippen LogP contribution in [0.4, 0.5) is 52.7 Å². The zero-order valence-electron chi connectivity index (χ0n) is 20.6. The molecule has 1 rings (SSSR count). The van der Waals surface area contributed by atoms with E-state index in [1.807, 2.05) is 0 Å². The summed E-state index contributed by atoms with van der Waals surface area (Å²) >= 11 is 0. The van der Waals surface area contributed by atoms with Gasteiger partial charge in [-0.15, -0.1) is 0 Å². The molecule has 0 aliphatic heterocycles. The van der Waals surface area contributed by atoms with Crippen molar-refractivity contribution in [1.29, 1.82) is 0 Å². The van der Waals surface area contributed by atoms with Crippen LogP contribution in [0.1, 0.15) is 23.1 Å². The van der Waals surface area contributed by atoms with Crippen LogP contribution in [0.3, 0.4) is 0 Å². The fourth-order valence-corrected chi connectivity index (χ4v) is 10.8. The van der Waals surface area contributed by atoms with E-state index in [1.165, 1.54) is 7.11 Å². The summed E-state index contributed by atoms with van der Waals surface area (Å²) < 4.78 is 172. The monoisotopic (exact) mass is 614 g/mol. The molecule has 1 aromatic rings. The largest absolute Gasteiger partial charge is 0.436 e. The second-order valence-electron chi connectivity index (χ2n) is 9.65. The maximum absolute atomic E-state index is 13.4. The van der Waals surface area contributed by atoms with E-state index in [2.05, 4.69) is 0 Å². The molecular weight excluding hydrogens is 588 g/mol. The molecule has 0 aliphatic rings. The molecule has 0 unspecified atom stereocenters. The molecule has 0 saturated heterocycles. The Morgan fingerprint density at radius 3 is 1.29 bits per heavy atom. The molecule has 0 bridgehead atoms. The Hall–Kier alpha value is -1.35. The maximum atomic E-state index is 13.4. The quantitative estimate of drug-likeness (QED) is 0.237. The highest BCUT2D eigenvalue weighted by atomic mass is 28.4. The molecule has 0 atom stereocenters. The summed E-state index contributed by atoms with van der Waals surface area (Å²) in [4.78, 5) is 0. The lowest BCUT2D eigenvalue weighted by atomic mass is 9.83. The van der Waals surface area contributed by atoms with E-state index < -0.39 is 82.0 Å². The van der Waals surface area contributed by atoms with Gasteiger partial charge in [0.2, 0.25) is 0 Å². The van der Waals surface area contributed by atoms with Crippen LogP contribution in [-0.4, -0.2) is 58.9 Å². The van der Waals surface area contributed by atoms with Crippen LogP contribution in [0.2, 0.25) is 32.2 Å². The Bertz CT molecular complexity index is 884. The van der Waals surface area contributed by atoms with Crippen molar-refractivity contribution >= 4 is 16.9 Å². The predicted molar refractivity (Wildman–Crippen MR) is 115 cm³/mol. The smallest absolute Gasteiger partial charge is 0.430 e. The topological polar surface area (TPSA) is 58.9 Å². The van der Waals surface area contributed by atoms with Crippen LogP contribution in [0.15, 0.2) is 18.2 Å². The average molecular weight is 615 g/mol. The van der Waals surface area contributed by atoms with Crippen LogP contribution in [0, 0.1) is 0 Å². The molecule has 0 amide bonds. The van der Waals surface area contributed by atoms with Gasteiger partial charge in [-0.05, 0) is 56.7 Å². The summed E-state index contributed by atoms with van der Waals surface area (Å²) in [6.07, 6.45) is -27.1. The van der Waals surface area contributed by atoms with Gasteiger partial charge in [0.05, 0.1) is 0 Å². The number of rotatable bonds is 9.